The summed E-state index contributed by atoms with van der Waals surface area (Å²) in [5.41, 5.74) is 0. The molecule has 3 nitrogen and oxygen atoms in total. The summed E-state index contributed by atoms with van der Waals surface area (Å²) in [7, 11) is 0. The molecule has 0 aromatic rings. The number of aliphatic hydroxyl groups excluding tert-OH is 1. The highest BCUT2D eigenvalue weighted by Gasteiger charge is 1.96. The predicted molar refractivity (Wildman–Crippen MR) is 56.4 cm³/mol. The van der Waals surface area contributed by atoms with Gasteiger partial charge in [0.05, 0.1) is 6.61 Å². The number of rotatable bonds is 6. The first-order valence-corrected chi connectivity index (χ1v) is 4.47. The van der Waals surface area contributed by atoms with E-state index in [9.17, 15) is 0 Å². The summed E-state index contributed by atoms with van der Waals surface area (Å²) in [6.45, 7) is 13.3. The molecular formula is C10H21NO2. The maximum atomic E-state index is 7.57. The molecule has 0 aliphatic carbocycles. The molecule has 0 aromatic heterocycles. The second-order valence-electron chi connectivity index (χ2n) is 2.16. The molecule has 3 heteroatoms. The molecule has 0 heterocycles. The average Bonchev–Trinajstić information content (AvgIpc) is 2.07. The van der Waals surface area contributed by atoms with E-state index in [1.165, 1.54) is 0 Å². The van der Waals surface area contributed by atoms with Crippen LogP contribution in [0.5, 0.6) is 0 Å². The molecule has 0 spiro atoms. The van der Waals surface area contributed by atoms with Crippen molar-refractivity contribution in [3.63, 3.8) is 0 Å². The number of aliphatic hydroxyl groups is 1. The van der Waals surface area contributed by atoms with Crippen molar-refractivity contribution in [2.24, 2.45) is 0 Å². The number of nitrogens with zero attached hydrogens (tertiary/aromatic N) is 1. The molecular weight excluding hydrogens is 166 g/mol. The molecule has 1 N–H and O–H groups in total. The zero-order valence-electron chi connectivity index (χ0n) is 8.70. The van der Waals surface area contributed by atoms with Crippen molar-refractivity contribution in [3.05, 3.63) is 25.3 Å². The molecule has 0 atom stereocenters. The molecule has 0 bridgehead atoms. The van der Waals surface area contributed by atoms with Gasteiger partial charge in [-0.05, 0) is 13.8 Å². The fourth-order valence-corrected chi connectivity index (χ4v) is 0.651. The van der Waals surface area contributed by atoms with Crippen LogP contribution in [0.25, 0.3) is 0 Å². The minimum absolute atomic E-state index is 0.250. The predicted octanol–water partition coefficient (Wildman–Crippen LogP) is 1.61. The molecule has 0 saturated carbocycles. The van der Waals surface area contributed by atoms with Crippen LogP contribution >= 0.6 is 0 Å². The quantitative estimate of drug-likeness (QED) is 0.506. The highest BCUT2D eigenvalue weighted by molar-refractivity contribution is 4.75. The average molecular weight is 187 g/mol. The molecule has 0 aromatic carbocycles. The van der Waals surface area contributed by atoms with Crippen molar-refractivity contribution in [1.82, 2.24) is 5.06 Å². The van der Waals surface area contributed by atoms with E-state index in [0.717, 1.165) is 13.1 Å². The summed E-state index contributed by atoms with van der Waals surface area (Å²) in [5, 5.41) is 9.38. The van der Waals surface area contributed by atoms with Gasteiger partial charge in [0.15, 0.2) is 0 Å². The molecule has 0 radical (unpaired) electrons. The Kier molecular flexibility index (Phi) is 15.9. The van der Waals surface area contributed by atoms with Crippen molar-refractivity contribution < 1.29 is 9.94 Å². The minimum Gasteiger partial charge on any atom is -0.397 e. The monoisotopic (exact) mass is 187 g/mol. The van der Waals surface area contributed by atoms with Gasteiger partial charge < -0.3 is 5.11 Å². The number of hydroxylamine groups is 2. The third-order valence-electron chi connectivity index (χ3n) is 0.977. The van der Waals surface area contributed by atoms with Crippen LogP contribution in [0.2, 0.25) is 0 Å². The summed E-state index contributed by atoms with van der Waals surface area (Å²) < 4.78 is 0. The van der Waals surface area contributed by atoms with E-state index in [-0.39, 0.29) is 6.61 Å². The maximum Gasteiger partial charge on any atom is 0.0657 e. The lowest BCUT2D eigenvalue weighted by Crippen LogP contribution is -2.23. The van der Waals surface area contributed by atoms with Crippen molar-refractivity contribution in [3.8, 4) is 0 Å². The largest absolute Gasteiger partial charge is 0.397 e. The van der Waals surface area contributed by atoms with Crippen LogP contribution in [0.3, 0.4) is 0 Å². The van der Waals surface area contributed by atoms with Gasteiger partial charge in [-0.15, -0.1) is 13.2 Å². The summed E-state index contributed by atoms with van der Waals surface area (Å²) in [6.07, 6.45) is 3.61. The first kappa shape index (κ1) is 14.9. The van der Waals surface area contributed by atoms with Gasteiger partial charge in [-0.25, -0.2) is 0 Å². The summed E-state index contributed by atoms with van der Waals surface area (Å²) in [6, 6.07) is 0. The first-order valence-electron chi connectivity index (χ1n) is 4.47. The van der Waals surface area contributed by atoms with E-state index in [4.69, 9.17) is 9.94 Å². The SMILES string of the molecule is C=CCN(CC=C)OCC.CCO. The third kappa shape index (κ3) is 14.2. The minimum atomic E-state index is 0.250. The highest BCUT2D eigenvalue weighted by atomic mass is 16.7. The summed E-state index contributed by atoms with van der Waals surface area (Å²) >= 11 is 0. The second-order valence-corrected chi connectivity index (χ2v) is 2.16. The van der Waals surface area contributed by atoms with Gasteiger partial charge in [0.1, 0.15) is 0 Å². The molecule has 0 amide bonds. The molecule has 78 valence electrons. The third-order valence-corrected chi connectivity index (χ3v) is 0.977. The Hall–Kier alpha value is -0.640. The maximum absolute atomic E-state index is 7.57. The molecule has 0 aliphatic heterocycles. The van der Waals surface area contributed by atoms with Gasteiger partial charge in [0, 0.05) is 19.7 Å². The zero-order valence-corrected chi connectivity index (χ0v) is 8.70. The van der Waals surface area contributed by atoms with Gasteiger partial charge in [-0.2, -0.15) is 5.06 Å². The molecule has 0 unspecified atom stereocenters. The lowest BCUT2D eigenvalue weighted by atomic mass is 10.5. The topological polar surface area (TPSA) is 32.7 Å². The Morgan fingerprint density at radius 3 is 1.85 bits per heavy atom. The highest BCUT2D eigenvalue weighted by Crippen LogP contribution is 1.89. The zero-order chi connectivity index (χ0) is 10.5. The van der Waals surface area contributed by atoms with Crippen LogP contribution in [-0.2, 0) is 4.84 Å². The van der Waals surface area contributed by atoms with Gasteiger partial charge in [0.2, 0.25) is 0 Å². The fraction of sp³-hybridized carbons (Fsp3) is 0.600. The van der Waals surface area contributed by atoms with Crippen molar-refractivity contribution in [1.29, 1.82) is 0 Å². The molecule has 0 fully saturated rings. The Bertz CT molecular complexity index is 105. The van der Waals surface area contributed by atoms with Gasteiger partial charge in [-0.3, -0.25) is 4.84 Å². The van der Waals surface area contributed by atoms with E-state index in [2.05, 4.69) is 13.2 Å². The van der Waals surface area contributed by atoms with Gasteiger partial charge >= 0.3 is 0 Å². The van der Waals surface area contributed by atoms with E-state index >= 15 is 0 Å². The van der Waals surface area contributed by atoms with Crippen molar-refractivity contribution >= 4 is 0 Å². The normalized spacial score (nSPS) is 8.92. The van der Waals surface area contributed by atoms with E-state index < -0.39 is 0 Å². The van der Waals surface area contributed by atoms with Crippen molar-refractivity contribution in [2.45, 2.75) is 13.8 Å². The van der Waals surface area contributed by atoms with Crippen LogP contribution in [0.15, 0.2) is 25.3 Å². The van der Waals surface area contributed by atoms with Crippen LogP contribution in [0, 0.1) is 0 Å². The van der Waals surface area contributed by atoms with Gasteiger partial charge in [-0.1, -0.05) is 12.2 Å². The van der Waals surface area contributed by atoms with Gasteiger partial charge in [0.25, 0.3) is 0 Å². The van der Waals surface area contributed by atoms with Crippen molar-refractivity contribution in [2.75, 3.05) is 26.3 Å². The summed E-state index contributed by atoms with van der Waals surface area (Å²) in [5.74, 6) is 0. The Morgan fingerprint density at radius 1 is 1.23 bits per heavy atom. The molecule has 13 heavy (non-hydrogen) atoms. The Morgan fingerprint density at radius 2 is 1.62 bits per heavy atom. The lowest BCUT2D eigenvalue weighted by Gasteiger charge is -2.16. The number of hydrogen-bond donors (Lipinski definition) is 1. The molecule has 0 saturated heterocycles. The number of hydrogen-bond acceptors (Lipinski definition) is 3. The Labute approximate surface area is 81.3 Å². The fourth-order valence-electron chi connectivity index (χ4n) is 0.651. The molecule has 0 aliphatic rings. The van der Waals surface area contributed by atoms with Crippen LogP contribution in [0.4, 0.5) is 0 Å². The Balaban J connectivity index is 0. The first-order chi connectivity index (χ1) is 6.26. The molecule has 0 rings (SSSR count). The van der Waals surface area contributed by atoms with E-state index in [1.807, 2.05) is 6.92 Å². The summed E-state index contributed by atoms with van der Waals surface area (Å²) in [4.78, 5) is 5.21. The van der Waals surface area contributed by atoms with E-state index in [1.54, 1.807) is 24.1 Å². The standard InChI is InChI=1S/C8H15NO.C2H6O/c1-4-7-9(8-5-2)10-6-3;1-2-3/h4-5H,1-2,6-8H2,3H3;3H,2H2,1H3. The van der Waals surface area contributed by atoms with Crippen LogP contribution in [0.1, 0.15) is 13.8 Å². The smallest absolute Gasteiger partial charge is 0.0657 e. The van der Waals surface area contributed by atoms with Crippen LogP contribution < -0.4 is 0 Å². The van der Waals surface area contributed by atoms with Crippen LogP contribution in [-0.4, -0.2) is 36.5 Å². The second kappa shape index (κ2) is 13.9. The van der Waals surface area contributed by atoms with E-state index in [0.29, 0.717) is 6.61 Å². The lowest BCUT2D eigenvalue weighted by molar-refractivity contribution is -0.138.